The number of rotatable bonds is 19. The molecule has 276 valence electrons. The molecule has 0 bridgehead atoms. The van der Waals surface area contributed by atoms with Crippen molar-refractivity contribution in [3.8, 4) is 46.0 Å². The summed E-state index contributed by atoms with van der Waals surface area (Å²) in [5.41, 5.74) is 4.07. The van der Waals surface area contributed by atoms with Crippen molar-refractivity contribution in [1.82, 2.24) is 5.32 Å². The Morgan fingerprint density at radius 3 is 1.65 bits per heavy atom. The van der Waals surface area contributed by atoms with Crippen LogP contribution in [0.4, 0.5) is 5.69 Å². The van der Waals surface area contributed by atoms with Crippen LogP contribution < -0.4 is 48.5 Å². The Balaban J connectivity index is 1.06. The maximum absolute atomic E-state index is 12.6. The number of fused-ring (bicyclic) bond motifs is 1. The number of carbonyl (C=O) groups excluding carboxylic acids is 1. The summed E-state index contributed by atoms with van der Waals surface area (Å²) in [4.78, 5) is 12.6. The maximum atomic E-state index is 12.6. The minimum Gasteiger partial charge on any atom is -0.493 e. The highest BCUT2D eigenvalue weighted by Crippen LogP contribution is 2.41. The SMILES string of the molecule is COc1cc(C2NC(=O)c3ccccc3N2)ccc1OCCCCCCCOc1c(OC)cc(C=Cc2cc(OC)c(OC)c(OC)c2)cc1OC. The van der Waals surface area contributed by atoms with Crippen molar-refractivity contribution >= 4 is 23.7 Å². The molecule has 4 aromatic carbocycles. The van der Waals surface area contributed by atoms with Gasteiger partial charge in [0, 0.05) is 5.69 Å². The second-order valence-corrected chi connectivity index (χ2v) is 12.0. The number of methoxy groups -OCH3 is 6. The lowest BCUT2D eigenvalue weighted by molar-refractivity contribution is 0.0935. The van der Waals surface area contributed by atoms with Crippen LogP contribution in [0.3, 0.4) is 0 Å². The molecule has 0 fully saturated rings. The van der Waals surface area contributed by atoms with Crippen LogP contribution in [-0.2, 0) is 0 Å². The van der Waals surface area contributed by atoms with Crippen molar-refractivity contribution < 1.29 is 42.7 Å². The zero-order chi connectivity index (χ0) is 36.9. The number of ether oxygens (including phenoxy) is 8. The predicted molar refractivity (Wildman–Crippen MR) is 202 cm³/mol. The summed E-state index contributed by atoms with van der Waals surface area (Å²) in [5, 5.41) is 6.38. The van der Waals surface area contributed by atoms with Gasteiger partial charge in [0.25, 0.3) is 5.91 Å². The second kappa shape index (κ2) is 18.5. The third-order valence-corrected chi connectivity index (χ3v) is 8.70. The zero-order valence-corrected chi connectivity index (χ0v) is 30.7. The number of hydrogen-bond acceptors (Lipinski definition) is 10. The number of amides is 1. The molecule has 1 amide bonds. The van der Waals surface area contributed by atoms with Crippen LogP contribution in [-0.4, -0.2) is 61.8 Å². The Hall–Kier alpha value is -5.71. The van der Waals surface area contributed by atoms with E-state index in [2.05, 4.69) is 10.6 Å². The quantitative estimate of drug-likeness (QED) is 0.0729. The molecule has 0 aromatic heterocycles. The van der Waals surface area contributed by atoms with Gasteiger partial charge in [-0.25, -0.2) is 0 Å². The molecule has 52 heavy (non-hydrogen) atoms. The fourth-order valence-electron chi connectivity index (χ4n) is 5.98. The smallest absolute Gasteiger partial charge is 0.255 e. The summed E-state index contributed by atoms with van der Waals surface area (Å²) in [6.07, 6.45) is 8.44. The van der Waals surface area contributed by atoms with Crippen LogP contribution in [0, 0.1) is 0 Å². The fraction of sp³-hybridized carbons (Fsp3) is 0.341. The summed E-state index contributed by atoms with van der Waals surface area (Å²) in [7, 11) is 9.62. The summed E-state index contributed by atoms with van der Waals surface area (Å²) in [6.45, 7) is 1.11. The molecule has 0 saturated heterocycles. The van der Waals surface area contributed by atoms with Gasteiger partial charge in [0.2, 0.25) is 11.5 Å². The van der Waals surface area contributed by atoms with Crippen LogP contribution in [0.1, 0.15) is 65.3 Å². The Kier molecular flexibility index (Phi) is 13.4. The molecule has 1 heterocycles. The molecule has 0 radical (unpaired) electrons. The lowest BCUT2D eigenvalue weighted by atomic mass is 10.1. The first-order valence-corrected chi connectivity index (χ1v) is 17.3. The topological polar surface area (TPSA) is 115 Å². The van der Waals surface area contributed by atoms with E-state index in [0.717, 1.165) is 54.5 Å². The van der Waals surface area contributed by atoms with Crippen LogP contribution >= 0.6 is 0 Å². The highest BCUT2D eigenvalue weighted by Gasteiger charge is 2.25. The molecule has 11 nitrogen and oxygen atoms in total. The summed E-state index contributed by atoms with van der Waals surface area (Å²) in [6, 6.07) is 20.8. The van der Waals surface area contributed by atoms with Gasteiger partial charge in [-0.15, -0.1) is 0 Å². The van der Waals surface area contributed by atoms with Gasteiger partial charge in [-0.1, -0.05) is 49.6 Å². The lowest BCUT2D eigenvalue weighted by Gasteiger charge is -2.28. The van der Waals surface area contributed by atoms with E-state index in [9.17, 15) is 4.79 Å². The van der Waals surface area contributed by atoms with Crippen molar-refractivity contribution in [3.05, 3.63) is 89.0 Å². The molecule has 0 aliphatic carbocycles. The van der Waals surface area contributed by atoms with Gasteiger partial charge in [-0.05, 0) is 78.1 Å². The average molecular weight is 713 g/mol. The first-order chi connectivity index (χ1) is 25.4. The Morgan fingerprint density at radius 1 is 0.538 bits per heavy atom. The van der Waals surface area contributed by atoms with Gasteiger partial charge < -0.3 is 48.5 Å². The van der Waals surface area contributed by atoms with Crippen LogP contribution in [0.5, 0.6) is 46.0 Å². The number of unbranched alkanes of at least 4 members (excludes halogenated alkanes) is 4. The highest BCUT2D eigenvalue weighted by molar-refractivity contribution is 6.01. The Morgan fingerprint density at radius 2 is 1.08 bits per heavy atom. The molecular formula is C41H48N2O9. The van der Waals surface area contributed by atoms with Gasteiger partial charge in [-0.2, -0.15) is 0 Å². The maximum Gasteiger partial charge on any atom is 0.255 e. The van der Waals surface area contributed by atoms with E-state index in [1.807, 2.05) is 72.8 Å². The molecule has 1 unspecified atom stereocenters. The van der Waals surface area contributed by atoms with Gasteiger partial charge in [-0.3, -0.25) is 4.79 Å². The summed E-state index contributed by atoms with van der Waals surface area (Å²) in [5.74, 6) is 4.64. The molecule has 1 aliphatic rings. The monoisotopic (exact) mass is 712 g/mol. The van der Waals surface area contributed by atoms with Crippen LogP contribution in [0.2, 0.25) is 0 Å². The normalized spacial score (nSPS) is 13.4. The standard InChI is InChI=1S/C41H48N2O9/c1-45-33-26-29(40-42-31-15-11-10-14-30(31)41(44)43-40)18-19-32(33)51-20-12-8-7-9-13-21-52-39-36(48-4)24-28(25-37(39)49-5)17-16-27-22-34(46-2)38(50-6)35(23-27)47-3/h10-11,14-19,22-26,40,42H,7-9,12-13,20-21H2,1-6H3,(H,43,44). The highest BCUT2D eigenvalue weighted by atomic mass is 16.5. The molecule has 1 atom stereocenters. The van der Waals surface area contributed by atoms with Crippen molar-refractivity contribution in [2.45, 2.75) is 38.3 Å². The van der Waals surface area contributed by atoms with E-state index in [0.29, 0.717) is 64.8 Å². The van der Waals surface area contributed by atoms with Crippen molar-refractivity contribution in [1.29, 1.82) is 0 Å². The third-order valence-electron chi connectivity index (χ3n) is 8.70. The number of carbonyl (C=O) groups is 1. The predicted octanol–water partition coefficient (Wildman–Crippen LogP) is 8.17. The Labute approximate surface area is 305 Å². The molecule has 2 N–H and O–H groups in total. The minimum absolute atomic E-state index is 0.113. The largest absolute Gasteiger partial charge is 0.493 e. The number of anilines is 1. The average Bonchev–Trinajstić information content (AvgIpc) is 3.18. The van der Waals surface area contributed by atoms with Crippen molar-refractivity contribution in [2.75, 3.05) is 61.2 Å². The van der Waals surface area contributed by atoms with Gasteiger partial charge >= 0.3 is 0 Å². The van der Waals surface area contributed by atoms with Crippen LogP contribution in [0.25, 0.3) is 12.2 Å². The molecule has 11 heteroatoms. The molecular weight excluding hydrogens is 664 g/mol. The van der Waals surface area contributed by atoms with Crippen molar-refractivity contribution in [3.63, 3.8) is 0 Å². The molecule has 4 aromatic rings. The lowest BCUT2D eigenvalue weighted by Crippen LogP contribution is -2.38. The van der Waals surface area contributed by atoms with E-state index in [1.54, 1.807) is 48.7 Å². The van der Waals surface area contributed by atoms with E-state index in [1.165, 1.54) is 0 Å². The van der Waals surface area contributed by atoms with Gasteiger partial charge in [0.1, 0.15) is 6.17 Å². The molecule has 0 saturated carbocycles. The number of nitrogens with one attached hydrogen (secondary N) is 2. The zero-order valence-electron chi connectivity index (χ0n) is 30.7. The number of hydrogen-bond donors (Lipinski definition) is 2. The first-order valence-electron chi connectivity index (χ1n) is 17.3. The molecule has 5 rings (SSSR count). The van der Waals surface area contributed by atoms with Crippen LogP contribution in [0.15, 0.2) is 66.7 Å². The molecule has 0 spiro atoms. The van der Waals surface area contributed by atoms with Crippen molar-refractivity contribution in [2.24, 2.45) is 0 Å². The Bertz CT molecular complexity index is 1790. The van der Waals surface area contributed by atoms with E-state index < -0.39 is 0 Å². The van der Waals surface area contributed by atoms with E-state index in [4.69, 9.17) is 37.9 Å². The fourth-order valence-corrected chi connectivity index (χ4v) is 5.98. The second-order valence-electron chi connectivity index (χ2n) is 12.0. The van der Waals surface area contributed by atoms with E-state index in [-0.39, 0.29) is 12.1 Å². The molecule has 1 aliphatic heterocycles. The number of para-hydroxylation sites is 1. The summed E-state index contributed by atoms with van der Waals surface area (Å²) < 4.78 is 45.6. The first kappa shape index (κ1) is 37.5. The van der Waals surface area contributed by atoms with Gasteiger partial charge in [0.15, 0.2) is 34.5 Å². The summed E-state index contributed by atoms with van der Waals surface area (Å²) >= 11 is 0. The minimum atomic E-state index is -0.361. The van der Waals surface area contributed by atoms with Gasteiger partial charge in [0.05, 0.1) is 61.4 Å². The number of benzene rings is 4. The van der Waals surface area contributed by atoms with E-state index >= 15 is 0 Å². The third kappa shape index (κ3) is 9.14.